The summed E-state index contributed by atoms with van der Waals surface area (Å²) in [4.78, 5) is 13.8. The summed E-state index contributed by atoms with van der Waals surface area (Å²) in [7, 11) is 2.98. The minimum atomic E-state index is -0.101. The third-order valence-electron chi connectivity index (χ3n) is 3.77. The van der Waals surface area contributed by atoms with Crippen LogP contribution in [0.5, 0.6) is 11.5 Å². The zero-order valence-corrected chi connectivity index (χ0v) is 12.0. The Hall–Kier alpha value is -1.75. The van der Waals surface area contributed by atoms with E-state index in [0.717, 1.165) is 38.0 Å². The molecule has 0 bridgehead atoms. The highest BCUT2D eigenvalue weighted by Crippen LogP contribution is 2.27. The van der Waals surface area contributed by atoms with Crippen LogP contribution in [0.1, 0.15) is 18.4 Å². The average molecular weight is 279 g/mol. The number of likely N-dealkylation sites (tertiary alicyclic amines) is 1. The number of esters is 1. The van der Waals surface area contributed by atoms with Crippen molar-refractivity contribution in [2.45, 2.75) is 19.4 Å². The smallest absolute Gasteiger partial charge is 0.308 e. The van der Waals surface area contributed by atoms with Crippen LogP contribution >= 0.6 is 0 Å². The maximum absolute atomic E-state index is 11.5. The van der Waals surface area contributed by atoms with Crippen LogP contribution in [0.2, 0.25) is 0 Å². The fraction of sp³-hybridized carbons (Fsp3) is 0.533. The van der Waals surface area contributed by atoms with E-state index in [9.17, 15) is 9.90 Å². The number of hydrogen-bond donors (Lipinski definition) is 1. The predicted octanol–water partition coefficient (Wildman–Crippen LogP) is 1.79. The topological polar surface area (TPSA) is 59.0 Å². The number of hydrogen-bond acceptors (Lipinski definition) is 5. The maximum atomic E-state index is 11.5. The van der Waals surface area contributed by atoms with Crippen molar-refractivity contribution >= 4 is 5.97 Å². The van der Waals surface area contributed by atoms with Crippen molar-refractivity contribution in [2.75, 3.05) is 27.3 Å². The third-order valence-corrected chi connectivity index (χ3v) is 3.77. The van der Waals surface area contributed by atoms with Gasteiger partial charge in [-0.15, -0.1) is 0 Å². The molecule has 0 saturated carbocycles. The van der Waals surface area contributed by atoms with Crippen LogP contribution in [-0.4, -0.2) is 43.3 Å². The zero-order valence-electron chi connectivity index (χ0n) is 12.0. The van der Waals surface area contributed by atoms with Crippen molar-refractivity contribution in [2.24, 2.45) is 5.92 Å². The van der Waals surface area contributed by atoms with Crippen molar-refractivity contribution in [1.82, 2.24) is 4.90 Å². The summed E-state index contributed by atoms with van der Waals surface area (Å²) in [5.41, 5.74) is 1.09. The van der Waals surface area contributed by atoms with E-state index in [1.54, 1.807) is 13.2 Å². The lowest BCUT2D eigenvalue weighted by atomic mass is 9.96. The Morgan fingerprint density at radius 2 is 2.05 bits per heavy atom. The fourth-order valence-corrected chi connectivity index (χ4v) is 2.57. The Bertz CT molecular complexity index is 467. The van der Waals surface area contributed by atoms with Gasteiger partial charge in [0, 0.05) is 6.54 Å². The number of methoxy groups -OCH3 is 2. The molecular weight excluding hydrogens is 258 g/mol. The van der Waals surface area contributed by atoms with Gasteiger partial charge >= 0.3 is 5.97 Å². The molecule has 0 aliphatic carbocycles. The lowest BCUT2D eigenvalue weighted by Crippen LogP contribution is -2.36. The van der Waals surface area contributed by atoms with Gasteiger partial charge in [-0.1, -0.05) is 6.07 Å². The van der Waals surface area contributed by atoms with Crippen molar-refractivity contribution in [3.05, 3.63) is 23.8 Å². The lowest BCUT2D eigenvalue weighted by Gasteiger charge is -2.30. The van der Waals surface area contributed by atoms with Crippen molar-refractivity contribution < 1.29 is 19.4 Å². The van der Waals surface area contributed by atoms with Gasteiger partial charge in [-0.2, -0.15) is 0 Å². The molecule has 1 heterocycles. The average Bonchev–Trinajstić information content (AvgIpc) is 2.49. The number of carbonyl (C=O) groups is 1. The number of rotatable bonds is 4. The Balaban J connectivity index is 1.91. The molecule has 110 valence electrons. The second-order valence-electron chi connectivity index (χ2n) is 5.08. The number of carbonyl (C=O) groups excluding carboxylic acids is 1. The number of piperidine rings is 1. The van der Waals surface area contributed by atoms with E-state index >= 15 is 0 Å². The van der Waals surface area contributed by atoms with Crippen LogP contribution < -0.4 is 4.74 Å². The molecule has 1 saturated heterocycles. The van der Waals surface area contributed by atoms with E-state index in [4.69, 9.17) is 9.47 Å². The number of benzene rings is 1. The lowest BCUT2D eigenvalue weighted by molar-refractivity contribution is -0.147. The molecular formula is C15H21NO4. The van der Waals surface area contributed by atoms with Gasteiger partial charge in [0.25, 0.3) is 0 Å². The highest BCUT2D eigenvalue weighted by atomic mass is 16.5. The molecule has 1 fully saturated rings. The molecule has 0 unspecified atom stereocenters. The molecule has 20 heavy (non-hydrogen) atoms. The summed E-state index contributed by atoms with van der Waals surface area (Å²) in [6.45, 7) is 2.55. The largest absolute Gasteiger partial charge is 0.504 e. The Labute approximate surface area is 119 Å². The van der Waals surface area contributed by atoms with E-state index in [1.807, 2.05) is 12.1 Å². The van der Waals surface area contributed by atoms with Crippen LogP contribution in [0.4, 0.5) is 0 Å². The van der Waals surface area contributed by atoms with Gasteiger partial charge in [0.15, 0.2) is 11.5 Å². The first-order valence-corrected chi connectivity index (χ1v) is 6.80. The summed E-state index contributed by atoms with van der Waals surface area (Å²) in [6, 6.07) is 5.39. The highest BCUT2D eigenvalue weighted by molar-refractivity contribution is 5.72. The normalized spacial score (nSPS) is 16.9. The van der Waals surface area contributed by atoms with Crippen LogP contribution in [0, 0.1) is 5.92 Å². The van der Waals surface area contributed by atoms with Gasteiger partial charge in [-0.25, -0.2) is 0 Å². The van der Waals surface area contributed by atoms with Crippen LogP contribution in [-0.2, 0) is 16.1 Å². The standard InChI is InChI=1S/C15H21NO4/c1-19-14-9-11(3-4-13(14)17)10-16-7-5-12(6-8-16)15(18)20-2/h3-4,9,12,17H,5-8,10H2,1-2H3. The molecule has 1 aliphatic heterocycles. The number of phenols is 1. The molecule has 1 aromatic rings. The molecule has 1 aliphatic rings. The molecule has 0 atom stereocenters. The second kappa shape index (κ2) is 6.61. The van der Waals surface area contributed by atoms with Gasteiger partial charge in [0.05, 0.1) is 20.1 Å². The summed E-state index contributed by atoms with van der Waals surface area (Å²) in [5.74, 6) is 0.578. The molecule has 2 rings (SSSR count). The molecule has 0 aromatic heterocycles. The summed E-state index contributed by atoms with van der Waals surface area (Å²) in [5, 5.41) is 9.57. The minimum absolute atomic E-state index is 0.0330. The number of nitrogens with zero attached hydrogens (tertiary/aromatic N) is 1. The van der Waals surface area contributed by atoms with Gasteiger partial charge in [0.1, 0.15) is 0 Å². The van der Waals surface area contributed by atoms with Gasteiger partial charge < -0.3 is 14.6 Å². The highest BCUT2D eigenvalue weighted by Gasteiger charge is 2.25. The Morgan fingerprint density at radius 3 is 2.65 bits per heavy atom. The predicted molar refractivity (Wildman–Crippen MR) is 74.7 cm³/mol. The Morgan fingerprint density at radius 1 is 1.35 bits per heavy atom. The number of phenolic OH excluding ortho intramolecular Hbond substituents is 1. The summed E-state index contributed by atoms with van der Waals surface area (Å²) in [6.07, 6.45) is 1.67. The first-order valence-electron chi connectivity index (χ1n) is 6.80. The number of aromatic hydroxyl groups is 1. The van der Waals surface area contributed by atoms with Crippen molar-refractivity contribution in [3.8, 4) is 11.5 Å². The fourth-order valence-electron chi connectivity index (χ4n) is 2.57. The zero-order chi connectivity index (χ0) is 14.5. The van der Waals surface area contributed by atoms with Gasteiger partial charge in [-0.3, -0.25) is 9.69 Å². The van der Waals surface area contributed by atoms with Crippen molar-refractivity contribution in [1.29, 1.82) is 0 Å². The third kappa shape index (κ3) is 3.42. The SMILES string of the molecule is COC(=O)C1CCN(Cc2ccc(O)c(OC)c2)CC1. The molecule has 1 aromatic carbocycles. The second-order valence-corrected chi connectivity index (χ2v) is 5.08. The van der Waals surface area contributed by atoms with Crippen LogP contribution in [0.3, 0.4) is 0 Å². The molecule has 0 spiro atoms. The van der Waals surface area contributed by atoms with Crippen LogP contribution in [0.25, 0.3) is 0 Å². The molecule has 5 nitrogen and oxygen atoms in total. The van der Waals surface area contributed by atoms with Gasteiger partial charge in [0.2, 0.25) is 0 Å². The summed E-state index contributed by atoms with van der Waals surface area (Å²) < 4.78 is 9.89. The van der Waals surface area contributed by atoms with E-state index in [-0.39, 0.29) is 17.6 Å². The quantitative estimate of drug-likeness (QED) is 0.851. The minimum Gasteiger partial charge on any atom is -0.504 e. The van der Waals surface area contributed by atoms with E-state index in [0.29, 0.717) is 5.75 Å². The first kappa shape index (κ1) is 14.7. The summed E-state index contributed by atoms with van der Waals surface area (Å²) >= 11 is 0. The van der Waals surface area contributed by atoms with Gasteiger partial charge in [-0.05, 0) is 43.6 Å². The Kier molecular flexibility index (Phi) is 4.84. The molecule has 1 N–H and O–H groups in total. The molecule has 5 heteroatoms. The maximum Gasteiger partial charge on any atom is 0.308 e. The van der Waals surface area contributed by atoms with E-state index < -0.39 is 0 Å². The van der Waals surface area contributed by atoms with Crippen molar-refractivity contribution in [3.63, 3.8) is 0 Å². The molecule has 0 radical (unpaired) electrons. The molecule has 0 amide bonds. The monoisotopic (exact) mass is 279 g/mol. The van der Waals surface area contributed by atoms with Crippen LogP contribution in [0.15, 0.2) is 18.2 Å². The van der Waals surface area contributed by atoms with E-state index in [1.165, 1.54) is 7.11 Å². The number of ether oxygens (including phenoxy) is 2. The first-order chi connectivity index (χ1) is 9.63. The van der Waals surface area contributed by atoms with E-state index in [2.05, 4.69) is 4.90 Å².